The Balaban J connectivity index is 2.18. The summed E-state index contributed by atoms with van der Waals surface area (Å²) in [5.74, 6) is 0. The van der Waals surface area contributed by atoms with Gasteiger partial charge in [0.2, 0.25) is 0 Å². The molecule has 1 heterocycles. The largest absolute Gasteiger partial charge is 0.396 e. The zero-order valence-corrected chi connectivity index (χ0v) is 14.5. The van der Waals surface area contributed by atoms with Crippen LogP contribution in [0.5, 0.6) is 0 Å². The standard InChI is InChI=1S/C16H13Br2N3/c1-9-12(18)3-2-4-14(9)21-16-11-7-10(17)5-6-15(11)20-8-13(16)19/h2-8H,19H2,1H3,(H,20,21). The number of benzene rings is 2. The first kappa shape index (κ1) is 14.4. The van der Waals surface area contributed by atoms with Crippen LogP contribution in [-0.2, 0) is 0 Å². The van der Waals surface area contributed by atoms with Crippen molar-refractivity contribution in [3.05, 3.63) is 57.1 Å². The smallest absolute Gasteiger partial charge is 0.0746 e. The normalized spacial score (nSPS) is 10.8. The monoisotopic (exact) mass is 405 g/mol. The van der Waals surface area contributed by atoms with Gasteiger partial charge in [-0.2, -0.15) is 0 Å². The van der Waals surface area contributed by atoms with Gasteiger partial charge in [0, 0.05) is 20.0 Å². The molecule has 106 valence electrons. The zero-order chi connectivity index (χ0) is 15.0. The first-order chi connectivity index (χ1) is 10.1. The van der Waals surface area contributed by atoms with Crippen molar-refractivity contribution >= 4 is 59.8 Å². The average molecular weight is 407 g/mol. The minimum Gasteiger partial charge on any atom is -0.396 e. The average Bonchev–Trinajstić information content (AvgIpc) is 2.46. The van der Waals surface area contributed by atoms with Gasteiger partial charge in [0.15, 0.2) is 0 Å². The van der Waals surface area contributed by atoms with E-state index < -0.39 is 0 Å². The van der Waals surface area contributed by atoms with Crippen LogP contribution in [0.1, 0.15) is 5.56 Å². The van der Waals surface area contributed by atoms with Crippen molar-refractivity contribution in [2.45, 2.75) is 6.92 Å². The predicted octanol–water partition coefficient (Wildman–Crippen LogP) is 5.39. The lowest BCUT2D eigenvalue weighted by molar-refractivity contribution is 1.38. The number of pyridine rings is 1. The number of nitrogens with two attached hydrogens (primary N) is 1. The van der Waals surface area contributed by atoms with Crippen LogP contribution in [0.25, 0.3) is 10.9 Å². The van der Waals surface area contributed by atoms with Crippen LogP contribution in [-0.4, -0.2) is 4.98 Å². The Morgan fingerprint density at radius 1 is 1.14 bits per heavy atom. The van der Waals surface area contributed by atoms with E-state index in [-0.39, 0.29) is 0 Å². The minimum atomic E-state index is 0.625. The van der Waals surface area contributed by atoms with E-state index in [1.807, 2.05) is 36.4 Å². The van der Waals surface area contributed by atoms with E-state index in [0.717, 1.165) is 36.8 Å². The van der Waals surface area contributed by atoms with Crippen molar-refractivity contribution in [3.8, 4) is 0 Å². The number of halogens is 2. The second-order valence-corrected chi connectivity index (χ2v) is 6.56. The van der Waals surface area contributed by atoms with Crippen LogP contribution < -0.4 is 11.1 Å². The summed E-state index contributed by atoms with van der Waals surface area (Å²) < 4.78 is 2.06. The Morgan fingerprint density at radius 3 is 2.76 bits per heavy atom. The van der Waals surface area contributed by atoms with E-state index in [4.69, 9.17) is 5.73 Å². The number of aromatic nitrogens is 1. The number of rotatable bonds is 2. The van der Waals surface area contributed by atoms with Crippen LogP contribution in [0.4, 0.5) is 17.1 Å². The number of anilines is 3. The second kappa shape index (κ2) is 5.66. The summed E-state index contributed by atoms with van der Waals surface area (Å²) in [4.78, 5) is 4.37. The summed E-state index contributed by atoms with van der Waals surface area (Å²) in [5.41, 5.74) is 10.7. The van der Waals surface area contributed by atoms with E-state index in [2.05, 4.69) is 49.1 Å². The molecule has 0 unspecified atom stereocenters. The van der Waals surface area contributed by atoms with Crippen LogP contribution in [0.3, 0.4) is 0 Å². The summed E-state index contributed by atoms with van der Waals surface area (Å²) in [6, 6.07) is 12.0. The second-order valence-electron chi connectivity index (χ2n) is 4.79. The van der Waals surface area contributed by atoms with E-state index in [9.17, 15) is 0 Å². The molecule has 0 bridgehead atoms. The molecule has 0 fully saturated rings. The predicted molar refractivity (Wildman–Crippen MR) is 96.0 cm³/mol. The summed E-state index contributed by atoms with van der Waals surface area (Å²) in [5, 5.41) is 4.43. The van der Waals surface area contributed by atoms with E-state index in [1.54, 1.807) is 6.20 Å². The minimum absolute atomic E-state index is 0.625. The van der Waals surface area contributed by atoms with Gasteiger partial charge in [-0.1, -0.05) is 37.9 Å². The molecule has 0 aliphatic rings. The van der Waals surface area contributed by atoms with Crippen molar-refractivity contribution in [3.63, 3.8) is 0 Å². The molecule has 3 aromatic rings. The van der Waals surface area contributed by atoms with Crippen molar-refractivity contribution in [1.82, 2.24) is 4.98 Å². The quantitative estimate of drug-likeness (QED) is 0.599. The van der Waals surface area contributed by atoms with Crippen molar-refractivity contribution in [2.24, 2.45) is 0 Å². The van der Waals surface area contributed by atoms with Crippen LogP contribution >= 0.6 is 31.9 Å². The van der Waals surface area contributed by atoms with Gasteiger partial charge >= 0.3 is 0 Å². The number of hydrogen-bond acceptors (Lipinski definition) is 3. The molecule has 0 radical (unpaired) electrons. The van der Waals surface area contributed by atoms with Crippen molar-refractivity contribution < 1.29 is 0 Å². The molecule has 3 nitrogen and oxygen atoms in total. The number of fused-ring (bicyclic) bond motifs is 1. The van der Waals surface area contributed by atoms with Crippen LogP contribution in [0.15, 0.2) is 51.5 Å². The molecule has 3 N–H and O–H groups in total. The SMILES string of the molecule is Cc1c(Br)cccc1Nc1c(N)cnc2ccc(Br)cc12. The molecule has 2 aromatic carbocycles. The molecule has 3 rings (SSSR count). The molecule has 0 saturated carbocycles. The highest BCUT2D eigenvalue weighted by atomic mass is 79.9. The molecule has 0 spiro atoms. The number of nitrogens with one attached hydrogen (secondary N) is 1. The topological polar surface area (TPSA) is 50.9 Å². The molecule has 0 aliphatic carbocycles. The van der Waals surface area contributed by atoms with Crippen molar-refractivity contribution in [2.75, 3.05) is 11.1 Å². The molecular weight excluding hydrogens is 394 g/mol. The van der Waals surface area contributed by atoms with Crippen LogP contribution in [0.2, 0.25) is 0 Å². The van der Waals surface area contributed by atoms with Gasteiger partial charge in [0.05, 0.1) is 23.1 Å². The Morgan fingerprint density at radius 2 is 1.95 bits per heavy atom. The van der Waals surface area contributed by atoms with Gasteiger partial charge in [-0.3, -0.25) is 4.98 Å². The maximum atomic E-state index is 6.12. The lowest BCUT2D eigenvalue weighted by Crippen LogP contribution is -2.00. The van der Waals surface area contributed by atoms with E-state index >= 15 is 0 Å². The number of nitrogen functional groups attached to an aromatic ring is 1. The first-order valence-corrected chi connectivity index (χ1v) is 8.01. The first-order valence-electron chi connectivity index (χ1n) is 6.42. The molecule has 1 aromatic heterocycles. The van der Waals surface area contributed by atoms with E-state index in [1.165, 1.54) is 0 Å². The molecule has 0 atom stereocenters. The summed E-state index contributed by atoms with van der Waals surface area (Å²) in [6.45, 7) is 2.06. The Bertz CT molecular complexity index is 826. The molecule has 0 aliphatic heterocycles. The molecule has 0 saturated heterocycles. The molecule has 21 heavy (non-hydrogen) atoms. The third-order valence-corrected chi connectivity index (χ3v) is 4.74. The molecule has 0 amide bonds. The highest BCUT2D eigenvalue weighted by Crippen LogP contribution is 2.34. The van der Waals surface area contributed by atoms with Crippen LogP contribution in [0, 0.1) is 6.92 Å². The third-order valence-electron chi connectivity index (χ3n) is 3.39. The van der Waals surface area contributed by atoms with E-state index in [0.29, 0.717) is 5.69 Å². The maximum absolute atomic E-state index is 6.12. The molecular formula is C16H13Br2N3. The lowest BCUT2D eigenvalue weighted by atomic mass is 10.1. The molecule has 5 heteroatoms. The Kier molecular flexibility index (Phi) is 3.87. The van der Waals surface area contributed by atoms with Gasteiger partial charge in [-0.25, -0.2) is 0 Å². The fourth-order valence-electron chi connectivity index (χ4n) is 2.20. The summed E-state index contributed by atoms with van der Waals surface area (Å²) in [7, 11) is 0. The fourth-order valence-corrected chi connectivity index (χ4v) is 2.92. The van der Waals surface area contributed by atoms with Gasteiger partial charge in [0.25, 0.3) is 0 Å². The van der Waals surface area contributed by atoms with Gasteiger partial charge < -0.3 is 11.1 Å². The third kappa shape index (κ3) is 2.76. The maximum Gasteiger partial charge on any atom is 0.0746 e. The Hall–Kier alpha value is -1.59. The van der Waals surface area contributed by atoms with Gasteiger partial charge in [0.1, 0.15) is 0 Å². The van der Waals surface area contributed by atoms with Crippen molar-refractivity contribution in [1.29, 1.82) is 0 Å². The highest BCUT2D eigenvalue weighted by Gasteiger charge is 2.09. The zero-order valence-electron chi connectivity index (χ0n) is 11.3. The number of hydrogen-bond donors (Lipinski definition) is 2. The lowest BCUT2D eigenvalue weighted by Gasteiger charge is -2.15. The number of nitrogens with zero attached hydrogens (tertiary/aromatic N) is 1. The summed E-state index contributed by atoms with van der Waals surface area (Å²) in [6.07, 6.45) is 1.69. The highest BCUT2D eigenvalue weighted by molar-refractivity contribution is 9.10. The summed E-state index contributed by atoms with van der Waals surface area (Å²) >= 11 is 7.05. The Labute approximate surface area is 139 Å². The fraction of sp³-hybridized carbons (Fsp3) is 0.0625. The van der Waals surface area contributed by atoms with Gasteiger partial charge in [-0.05, 0) is 42.8 Å². The van der Waals surface area contributed by atoms with Gasteiger partial charge in [-0.15, -0.1) is 0 Å².